The molecule has 1 rings (SSSR count). The predicted molar refractivity (Wildman–Crippen MR) is 47.0 cm³/mol. The van der Waals surface area contributed by atoms with Crippen molar-refractivity contribution in [3.63, 3.8) is 0 Å². The van der Waals surface area contributed by atoms with Crippen molar-refractivity contribution in [3.8, 4) is 6.07 Å². The van der Waals surface area contributed by atoms with Crippen LogP contribution in [0.15, 0.2) is 0 Å². The monoisotopic (exact) mass is 182 g/mol. The standard InChI is InChI=1S/C9H14N2O2/c10-3-6-11-4-1-8(2-5-11)7-9(12)13/h8H,1-2,4-7H2,(H,12,13). The average Bonchev–Trinajstić information content (AvgIpc) is 2.08. The number of aliphatic carboxylic acids is 1. The fourth-order valence-electron chi connectivity index (χ4n) is 1.70. The van der Waals surface area contributed by atoms with Crippen molar-refractivity contribution >= 4 is 5.97 Å². The van der Waals surface area contributed by atoms with Gasteiger partial charge in [0.15, 0.2) is 0 Å². The summed E-state index contributed by atoms with van der Waals surface area (Å²) in [5.41, 5.74) is 0. The number of carboxylic acid groups (broad SMARTS) is 1. The van der Waals surface area contributed by atoms with Crippen molar-refractivity contribution in [2.24, 2.45) is 5.92 Å². The van der Waals surface area contributed by atoms with Crippen molar-refractivity contribution in [1.29, 1.82) is 5.26 Å². The van der Waals surface area contributed by atoms with Crippen LogP contribution in [0.3, 0.4) is 0 Å². The van der Waals surface area contributed by atoms with Gasteiger partial charge in [-0.2, -0.15) is 5.26 Å². The van der Waals surface area contributed by atoms with Gasteiger partial charge in [-0.15, -0.1) is 0 Å². The van der Waals surface area contributed by atoms with Gasteiger partial charge in [0.05, 0.1) is 12.6 Å². The third kappa shape index (κ3) is 3.43. The minimum Gasteiger partial charge on any atom is -0.481 e. The van der Waals surface area contributed by atoms with Gasteiger partial charge in [-0.3, -0.25) is 9.69 Å². The van der Waals surface area contributed by atoms with Gasteiger partial charge in [-0.25, -0.2) is 0 Å². The zero-order valence-electron chi connectivity index (χ0n) is 7.57. The second-order valence-corrected chi connectivity index (χ2v) is 3.48. The van der Waals surface area contributed by atoms with Gasteiger partial charge < -0.3 is 5.11 Å². The van der Waals surface area contributed by atoms with Crippen molar-refractivity contribution < 1.29 is 9.90 Å². The lowest BCUT2D eigenvalue weighted by atomic mass is 9.94. The van der Waals surface area contributed by atoms with Crippen molar-refractivity contribution in [2.75, 3.05) is 19.6 Å². The third-order valence-electron chi connectivity index (χ3n) is 2.46. The molecule has 1 fully saturated rings. The Hall–Kier alpha value is -1.08. The van der Waals surface area contributed by atoms with E-state index in [0.717, 1.165) is 25.9 Å². The van der Waals surface area contributed by atoms with Crippen LogP contribution in [0.1, 0.15) is 19.3 Å². The second kappa shape index (κ2) is 4.83. The number of nitriles is 1. The van der Waals surface area contributed by atoms with Crippen molar-refractivity contribution in [1.82, 2.24) is 4.90 Å². The number of rotatable bonds is 3. The maximum Gasteiger partial charge on any atom is 0.303 e. The lowest BCUT2D eigenvalue weighted by molar-refractivity contribution is -0.138. The fourth-order valence-corrected chi connectivity index (χ4v) is 1.70. The first-order valence-corrected chi connectivity index (χ1v) is 4.53. The van der Waals surface area contributed by atoms with Gasteiger partial charge in [0.25, 0.3) is 0 Å². The molecule has 0 aromatic carbocycles. The van der Waals surface area contributed by atoms with Crippen LogP contribution in [-0.2, 0) is 4.79 Å². The molecule has 1 aliphatic heterocycles. The molecule has 0 radical (unpaired) electrons. The summed E-state index contributed by atoms with van der Waals surface area (Å²) in [6, 6.07) is 2.10. The van der Waals surface area contributed by atoms with Gasteiger partial charge >= 0.3 is 5.97 Å². The molecule has 0 bridgehead atoms. The minimum absolute atomic E-state index is 0.278. The lowest BCUT2D eigenvalue weighted by Crippen LogP contribution is -2.34. The van der Waals surface area contributed by atoms with Gasteiger partial charge in [0, 0.05) is 6.42 Å². The molecule has 0 amide bonds. The topological polar surface area (TPSA) is 64.3 Å². The van der Waals surface area contributed by atoms with Crippen LogP contribution in [0.2, 0.25) is 0 Å². The molecule has 1 N–H and O–H groups in total. The molecule has 0 aromatic heterocycles. The van der Waals surface area contributed by atoms with Crippen LogP contribution in [0, 0.1) is 17.2 Å². The molecule has 0 saturated carbocycles. The first kappa shape index (κ1) is 10.0. The quantitative estimate of drug-likeness (QED) is 0.652. The molecule has 13 heavy (non-hydrogen) atoms. The van der Waals surface area contributed by atoms with Crippen molar-refractivity contribution in [2.45, 2.75) is 19.3 Å². The third-order valence-corrected chi connectivity index (χ3v) is 2.46. The zero-order valence-corrected chi connectivity index (χ0v) is 7.57. The zero-order chi connectivity index (χ0) is 9.68. The molecule has 1 aliphatic rings. The summed E-state index contributed by atoms with van der Waals surface area (Å²) in [5, 5.41) is 17.0. The van der Waals surface area contributed by atoms with E-state index in [1.807, 2.05) is 0 Å². The highest BCUT2D eigenvalue weighted by molar-refractivity contribution is 5.67. The van der Waals surface area contributed by atoms with E-state index in [4.69, 9.17) is 10.4 Å². The van der Waals surface area contributed by atoms with Crippen LogP contribution in [0.5, 0.6) is 0 Å². The SMILES string of the molecule is N#CCN1CCC(CC(=O)O)CC1. The van der Waals surface area contributed by atoms with Crippen LogP contribution < -0.4 is 0 Å². The molecule has 1 heterocycles. The Morgan fingerprint density at radius 1 is 1.54 bits per heavy atom. The van der Waals surface area contributed by atoms with Crippen LogP contribution in [0.25, 0.3) is 0 Å². The molecule has 0 aliphatic carbocycles. The molecular formula is C9H14N2O2. The summed E-state index contributed by atoms with van der Waals surface area (Å²) in [7, 11) is 0. The molecule has 4 nitrogen and oxygen atoms in total. The Morgan fingerprint density at radius 3 is 2.62 bits per heavy atom. The summed E-state index contributed by atoms with van der Waals surface area (Å²) < 4.78 is 0. The fraction of sp³-hybridized carbons (Fsp3) is 0.778. The summed E-state index contributed by atoms with van der Waals surface area (Å²) in [5.74, 6) is -0.397. The summed E-state index contributed by atoms with van der Waals surface area (Å²) in [6.07, 6.45) is 2.10. The Kier molecular flexibility index (Phi) is 3.71. The van der Waals surface area contributed by atoms with E-state index in [9.17, 15) is 4.79 Å². The molecule has 0 unspecified atom stereocenters. The largest absolute Gasteiger partial charge is 0.481 e. The second-order valence-electron chi connectivity index (χ2n) is 3.48. The first-order chi connectivity index (χ1) is 6.22. The van der Waals surface area contributed by atoms with E-state index in [-0.39, 0.29) is 6.42 Å². The van der Waals surface area contributed by atoms with Crippen LogP contribution >= 0.6 is 0 Å². The molecule has 1 saturated heterocycles. The highest BCUT2D eigenvalue weighted by atomic mass is 16.4. The Bertz CT molecular complexity index is 214. The normalized spacial score (nSPS) is 19.6. The smallest absolute Gasteiger partial charge is 0.303 e. The lowest BCUT2D eigenvalue weighted by Gasteiger charge is -2.29. The van der Waals surface area contributed by atoms with Gasteiger partial charge in [0.1, 0.15) is 0 Å². The summed E-state index contributed by atoms with van der Waals surface area (Å²) in [4.78, 5) is 12.5. The summed E-state index contributed by atoms with van der Waals surface area (Å²) in [6.45, 7) is 2.21. The Labute approximate surface area is 77.8 Å². The highest BCUT2D eigenvalue weighted by Gasteiger charge is 2.20. The molecule has 0 atom stereocenters. The first-order valence-electron chi connectivity index (χ1n) is 4.53. The number of hydrogen-bond acceptors (Lipinski definition) is 3. The summed E-state index contributed by atoms with van der Waals surface area (Å²) >= 11 is 0. The number of hydrogen-bond donors (Lipinski definition) is 1. The molecule has 4 heteroatoms. The maximum absolute atomic E-state index is 10.4. The van der Waals surface area contributed by atoms with Crippen molar-refractivity contribution in [3.05, 3.63) is 0 Å². The Morgan fingerprint density at radius 2 is 2.15 bits per heavy atom. The maximum atomic E-state index is 10.4. The molecule has 72 valence electrons. The van der Waals surface area contributed by atoms with Gasteiger partial charge in [-0.1, -0.05) is 0 Å². The molecular weight excluding hydrogens is 168 g/mol. The van der Waals surface area contributed by atoms with E-state index in [1.54, 1.807) is 0 Å². The van der Waals surface area contributed by atoms with E-state index in [1.165, 1.54) is 0 Å². The van der Waals surface area contributed by atoms with Crippen LogP contribution in [0.4, 0.5) is 0 Å². The minimum atomic E-state index is -0.710. The number of carbonyl (C=O) groups is 1. The van der Waals surface area contributed by atoms with E-state index < -0.39 is 5.97 Å². The predicted octanol–water partition coefficient (Wildman–Crippen LogP) is 0.697. The van der Waals surface area contributed by atoms with Gasteiger partial charge in [-0.05, 0) is 31.8 Å². The average molecular weight is 182 g/mol. The number of carboxylic acids is 1. The van der Waals surface area contributed by atoms with Crippen LogP contribution in [-0.4, -0.2) is 35.6 Å². The number of likely N-dealkylation sites (tertiary alicyclic amines) is 1. The highest BCUT2D eigenvalue weighted by Crippen LogP contribution is 2.19. The van der Waals surface area contributed by atoms with Gasteiger partial charge in [0.2, 0.25) is 0 Å². The van der Waals surface area contributed by atoms with E-state index in [0.29, 0.717) is 12.5 Å². The van der Waals surface area contributed by atoms with E-state index >= 15 is 0 Å². The number of nitrogens with zero attached hydrogens (tertiary/aromatic N) is 2. The Balaban J connectivity index is 2.23. The van der Waals surface area contributed by atoms with E-state index in [2.05, 4.69) is 11.0 Å². The number of piperidine rings is 1. The molecule has 0 aromatic rings. The molecule has 0 spiro atoms.